The average molecular weight is 201 g/mol. The van der Waals surface area contributed by atoms with Crippen LogP contribution in [0.2, 0.25) is 5.02 Å². The van der Waals surface area contributed by atoms with Crippen molar-refractivity contribution < 1.29 is 5.21 Å². The zero-order valence-electron chi connectivity index (χ0n) is 5.91. The summed E-state index contributed by atoms with van der Waals surface area (Å²) in [5.74, 6) is 0. The van der Waals surface area contributed by atoms with E-state index in [1.807, 2.05) is 16.9 Å². The lowest BCUT2D eigenvalue weighted by Crippen LogP contribution is -1.90. The van der Waals surface area contributed by atoms with Gasteiger partial charge >= 0.3 is 0 Å². The van der Waals surface area contributed by atoms with Crippen molar-refractivity contribution in [2.45, 2.75) is 0 Å². The third-order valence-electron chi connectivity index (χ3n) is 1.53. The lowest BCUT2D eigenvalue weighted by atomic mass is 10.4. The van der Waals surface area contributed by atoms with Crippen LogP contribution in [0.15, 0.2) is 17.6 Å². The predicted octanol–water partition coefficient (Wildman–Crippen LogP) is 2.75. The van der Waals surface area contributed by atoms with Gasteiger partial charge in [-0.25, -0.2) is 0 Å². The Balaban J connectivity index is 2.78. The topological polar surface area (TPSA) is 45.1 Å². The molecule has 2 heterocycles. The number of hydrogen-bond donors (Lipinski definition) is 2. The fourth-order valence-corrected chi connectivity index (χ4v) is 2.07. The summed E-state index contributed by atoms with van der Waals surface area (Å²) in [5.41, 5.74) is 3.28. The van der Waals surface area contributed by atoms with Crippen LogP contribution in [0, 0.1) is 0 Å². The van der Waals surface area contributed by atoms with E-state index in [1.54, 1.807) is 0 Å². The molecule has 12 heavy (non-hydrogen) atoms. The van der Waals surface area contributed by atoms with Crippen molar-refractivity contribution in [1.82, 2.24) is 4.98 Å². The molecule has 0 fully saturated rings. The zero-order valence-corrected chi connectivity index (χ0v) is 7.49. The summed E-state index contributed by atoms with van der Waals surface area (Å²) in [5, 5.41) is 11.1. The molecule has 0 radical (unpaired) electrons. The monoisotopic (exact) mass is 200 g/mol. The number of rotatable bonds is 1. The zero-order chi connectivity index (χ0) is 8.55. The molecule has 0 saturated heterocycles. The highest BCUT2D eigenvalue weighted by atomic mass is 35.5. The minimum atomic E-state index is 0.437. The first-order valence-corrected chi connectivity index (χ1v) is 4.50. The van der Waals surface area contributed by atoms with Crippen molar-refractivity contribution in [1.29, 1.82) is 0 Å². The summed E-state index contributed by atoms with van der Waals surface area (Å²) in [6, 6.07) is 1.88. The maximum atomic E-state index is 8.65. The summed E-state index contributed by atoms with van der Waals surface area (Å²) in [4.78, 5) is 4.08. The summed E-state index contributed by atoms with van der Waals surface area (Å²) < 4.78 is 0.885. The first kappa shape index (κ1) is 7.79. The first-order valence-electron chi connectivity index (χ1n) is 3.24. The van der Waals surface area contributed by atoms with Gasteiger partial charge in [-0.1, -0.05) is 11.6 Å². The fourth-order valence-electron chi connectivity index (χ4n) is 0.959. The highest BCUT2D eigenvalue weighted by Gasteiger charge is 2.06. The smallest absolute Gasteiger partial charge is 0.0986 e. The van der Waals surface area contributed by atoms with Gasteiger partial charge in [-0.2, -0.15) is 0 Å². The predicted molar refractivity (Wildman–Crippen MR) is 50.0 cm³/mol. The van der Waals surface area contributed by atoms with Gasteiger partial charge in [0.25, 0.3) is 0 Å². The summed E-state index contributed by atoms with van der Waals surface area (Å²) >= 11 is 7.43. The van der Waals surface area contributed by atoms with Gasteiger partial charge in [-0.15, -0.1) is 11.3 Å². The quantitative estimate of drug-likeness (QED) is 0.696. The number of hydrogen-bond acceptors (Lipinski definition) is 4. The summed E-state index contributed by atoms with van der Waals surface area (Å²) in [7, 11) is 0. The Morgan fingerprint density at radius 3 is 3.17 bits per heavy atom. The molecule has 62 valence electrons. The van der Waals surface area contributed by atoms with Crippen molar-refractivity contribution in [3.05, 3.63) is 22.7 Å². The van der Waals surface area contributed by atoms with Crippen LogP contribution in [0.25, 0.3) is 10.2 Å². The van der Waals surface area contributed by atoms with Crippen LogP contribution < -0.4 is 5.48 Å². The van der Waals surface area contributed by atoms with E-state index in [0.717, 1.165) is 10.2 Å². The number of nitrogens with one attached hydrogen (secondary N) is 1. The van der Waals surface area contributed by atoms with Crippen LogP contribution in [0.3, 0.4) is 0 Å². The number of fused-ring (bicyclic) bond motifs is 1. The molecule has 0 spiro atoms. The van der Waals surface area contributed by atoms with E-state index in [4.69, 9.17) is 16.8 Å². The molecule has 0 amide bonds. The maximum Gasteiger partial charge on any atom is 0.0986 e. The SMILES string of the molecule is ONc1cnc2ccsc2c1Cl. The van der Waals surface area contributed by atoms with E-state index in [9.17, 15) is 0 Å². The second-order valence-electron chi connectivity index (χ2n) is 2.23. The van der Waals surface area contributed by atoms with Crippen molar-refractivity contribution in [2.75, 3.05) is 5.48 Å². The highest BCUT2D eigenvalue weighted by Crippen LogP contribution is 2.32. The Hall–Kier alpha value is -0.840. The average Bonchev–Trinajstić information content (AvgIpc) is 2.53. The Labute approximate surface area is 77.6 Å². The number of thiophene rings is 1. The standard InChI is InChI=1S/C7H5ClN2OS/c8-6-5(10-11)3-9-4-1-2-12-7(4)6/h1-3,10-11H. The number of pyridine rings is 1. The number of anilines is 1. The molecule has 0 atom stereocenters. The van der Waals surface area contributed by atoms with Crippen molar-refractivity contribution in [2.24, 2.45) is 0 Å². The van der Waals surface area contributed by atoms with E-state index in [2.05, 4.69) is 4.98 Å². The lowest BCUT2D eigenvalue weighted by Gasteiger charge is -2.00. The molecule has 0 unspecified atom stereocenters. The Kier molecular flexibility index (Phi) is 1.88. The van der Waals surface area contributed by atoms with Gasteiger partial charge < -0.3 is 0 Å². The van der Waals surface area contributed by atoms with E-state index in [1.165, 1.54) is 17.5 Å². The summed E-state index contributed by atoms with van der Waals surface area (Å²) in [6.45, 7) is 0. The Morgan fingerprint density at radius 1 is 1.58 bits per heavy atom. The molecule has 2 N–H and O–H groups in total. The van der Waals surface area contributed by atoms with E-state index in [-0.39, 0.29) is 0 Å². The molecule has 0 aliphatic carbocycles. The van der Waals surface area contributed by atoms with E-state index >= 15 is 0 Å². The lowest BCUT2D eigenvalue weighted by molar-refractivity contribution is 0.389. The highest BCUT2D eigenvalue weighted by molar-refractivity contribution is 7.17. The molecule has 2 aromatic rings. The molecular weight excluding hydrogens is 196 g/mol. The molecular formula is C7H5ClN2OS. The van der Waals surface area contributed by atoms with Crippen LogP contribution in [0.4, 0.5) is 5.69 Å². The van der Waals surface area contributed by atoms with Gasteiger partial charge in [0.15, 0.2) is 0 Å². The second kappa shape index (κ2) is 2.90. The van der Waals surface area contributed by atoms with Gasteiger partial charge in [0.1, 0.15) is 0 Å². The molecule has 0 aliphatic rings. The number of aromatic nitrogens is 1. The third kappa shape index (κ3) is 1.04. The van der Waals surface area contributed by atoms with Crippen LogP contribution in [-0.2, 0) is 0 Å². The molecule has 0 bridgehead atoms. The van der Waals surface area contributed by atoms with Gasteiger partial charge in [0.05, 0.1) is 27.1 Å². The van der Waals surface area contributed by atoms with Crippen molar-refractivity contribution >= 4 is 38.8 Å². The minimum Gasteiger partial charge on any atom is -0.291 e. The van der Waals surface area contributed by atoms with E-state index < -0.39 is 0 Å². The molecule has 0 aromatic carbocycles. The van der Waals surface area contributed by atoms with Gasteiger partial charge in [-0.3, -0.25) is 15.7 Å². The van der Waals surface area contributed by atoms with Crippen molar-refractivity contribution in [3.8, 4) is 0 Å². The van der Waals surface area contributed by atoms with Gasteiger partial charge in [0, 0.05) is 0 Å². The van der Waals surface area contributed by atoms with E-state index in [0.29, 0.717) is 10.7 Å². The number of halogens is 1. The summed E-state index contributed by atoms with van der Waals surface area (Å²) in [6.07, 6.45) is 1.50. The Morgan fingerprint density at radius 2 is 2.42 bits per heavy atom. The van der Waals surface area contributed by atoms with Gasteiger partial charge in [0.2, 0.25) is 0 Å². The van der Waals surface area contributed by atoms with Crippen LogP contribution in [0.1, 0.15) is 0 Å². The van der Waals surface area contributed by atoms with Crippen LogP contribution >= 0.6 is 22.9 Å². The van der Waals surface area contributed by atoms with Crippen molar-refractivity contribution in [3.63, 3.8) is 0 Å². The molecule has 2 rings (SSSR count). The third-order valence-corrected chi connectivity index (χ3v) is 2.96. The first-order chi connectivity index (χ1) is 5.83. The van der Waals surface area contributed by atoms with Crippen LogP contribution in [0.5, 0.6) is 0 Å². The Bertz CT molecular complexity index is 415. The van der Waals surface area contributed by atoms with Crippen LogP contribution in [-0.4, -0.2) is 10.2 Å². The minimum absolute atomic E-state index is 0.437. The normalized spacial score (nSPS) is 10.5. The fraction of sp³-hybridized carbons (Fsp3) is 0. The maximum absolute atomic E-state index is 8.65. The molecule has 0 aliphatic heterocycles. The molecule has 0 saturated carbocycles. The second-order valence-corrected chi connectivity index (χ2v) is 3.53. The molecule has 5 heteroatoms. The molecule has 3 nitrogen and oxygen atoms in total. The largest absolute Gasteiger partial charge is 0.291 e. The van der Waals surface area contributed by atoms with Gasteiger partial charge in [-0.05, 0) is 11.4 Å². The molecule has 2 aromatic heterocycles. The number of nitrogens with zero attached hydrogens (tertiary/aromatic N) is 1.